The highest BCUT2D eigenvalue weighted by Crippen LogP contribution is 2.28. The van der Waals surface area contributed by atoms with Crippen LogP contribution in [0.1, 0.15) is 48.6 Å². The standard InChI is InChI=1S/2C12H18N4.H2O4S/c2*13-12(14)15-16-8-6-11(7-9-16)10-4-2-1-3-5-10;1-5(2,3)4/h2*1-5,11H,6-9H2,(H4,13,14,15);(H2,1,2,3,4)/p-2. The molecule has 2 aromatic rings. The number of guanidine groups is 2. The van der Waals surface area contributed by atoms with Gasteiger partial charge in [-0.25, -0.2) is 0 Å². The minimum Gasteiger partial charge on any atom is -0.759 e. The van der Waals surface area contributed by atoms with Crippen LogP contribution in [0, 0.1) is 0 Å². The van der Waals surface area contributed by atoms with Crippen molar-refractivity contribution < 1.29 is 17.5 Å². The van der Waals surface area contributed by atoms with Crippen LogP contribution in [0.15, 0.2) is 70.9 Å². The van der Waals surface area contributed by atoms with Gasteiger partial charge >= 0.3 is 0 Å². The van der Waals surface area contributed by atoms with Gasteiger partial charge in [0.25, 0.3) is 0 Å². The van der Waals surface area contributed by atoms with Crippen LogP contribution in [-0.4, -0.2) is 65.6 Å². The minimum absolute atomic E-state index is 0.151. The minimum atomic E-state index is -5.17. The number of piperidine rings is 2. The van der Waals surface area contributed by atoms with Crippen LogP contribution in [0.25, 0.3) is 0 Å². The lowest BCUT2D eigenvalue weighted by Crippen LogP contribution is -2.34. The van der Waals surface area contributed by atoms with Crippen molar-refractivity contribution >= 4 is 22.3 Å². The van der Waals surface area contributed by atoms with Crippen molar-refractivity contribution in [2.45, 2.75) is 37.5 Å². The molecule has 0 amide bonds. The number of nitrogens with zero attached hydrogens (tertiary/aromatic N) is 4. The highest BCUT2D eigenvalue weighted by atomic mass is 32.3. The fourth-order valence-corrected chi connectivity index (χ4v) is 4.38. The largest absolute Gasteiger partial charge is 0.759 e. The highest BCUT2D eigenvalue weighted by molar-refractivity contribution is 7.79. The van der Waals surface area contributed by atoms with Crippen molar-refractivity contribution in [2.75, 3.05) is 26.2 Å². The Hall–Kier alpha value is -3.55. The molecule has 2 aliphatic heterocycles. The van der Waals surface area contributed by atoms with Crippen molar-refractivity contribution in [3.05, 3.63) is 71.8 Å². The van der Waals surface area contributed by atoms with Crippen LogP contribution in [0.5, 0.6) is 0 Å². The van der Waals surface area contributed by atoms with Gasteiger partial charge in [-0.2, -0.15) is 0 Å². The van der Waals surface area contributed by atoms with E-state index in [1.807, 2.05) is 10.0 Å². The van der Waals surface area contributed by atoms with Gasteiger partial charge in [-0.05, 0) is 48.6 Å². The molecule has 0 aromatic heterocycles. The van der Waals surface area contributed by atoms with Crippen molar-refractivity contribution in [1.29, 1.82) is 0 Å². The van der Waals surface area contributed by atoms with Crippen LogP contribution in [-0.2, 0) is 10.4 Å². The molecule has 0 atom stereocenters. The maximum atomic E-state index is 8.52. The third-order valence-electron chi connectivity index (χ3n) is 6.00. The molecule has 0 unspecified atom stereocenters. The Balaban J connectivity index is 0.000000221. The lowest BCUT2D eigenvalue weighted by molar-refractivity contribution is 0.221. The first-order valence-corrected chi connectivity index (χ1v) is 13.3. The van der Waals surface area contributed by atoms with E-state index in [-0.39, 0.29) is 11.9 Å². The lowest BCUT2D eigenvalue weighted by Gasteiger charge is -2.30. The topological polar surface area (TPSA) is 216 Å². The number of nitrogens with two attached hydrogens (primary N) is 4. The Morgan fingerprint density at radius 1 is 0.649 bits per heavy atom. The van der Waals surface area contributed by atoms with Gasteiger partial charge in [-0.3, -0.25) is 18.4 Å². The van der Waals surface area contributed by atoms with Crippen LogP contribution < -0.4 is 22.9 Å². The molecule has 2 aliphatic rings. The summed E-state index contributed by atoms with van der Waals surface area (Å²) in [5, 5.41) is 12.0. The van der Waals surface area contributed by atoms with Gasteiger partial charge in [0.15, 0.2) is 0 Å². The van der Waals surface area contributed by atoms with Gasteiger partial charge in [0.05, 0.1) is 0 Å². The second kappa shape index (κ2) is 14.9. The van der Waals surface area contributed by atoms with Gasteiger partial charge in [-0.1, -0.05) is 60.7 Å². The summed E-state index contributed by atoms with van der Waals surface area (Å²) in [6.07, 6.45) is 4.45. The van der Waals surface area contributed by atoms with Gasteiger partial charge in [0, 0.05) is 36.6 Å². The molecule has 2 fully saturated rings. The fourth-order valence-electron chi connectivity index (χ4n) is 4.38. The molecule has 0 spiro atoms. The zero-order chi connectivity index (χ0) is 27.3. The smallest absolute Gasteiger partial charge is 0.208 e. The second-order valence-corrected chi connectivity index (χ2v) is 9.55. The molecule has 13 heteroatoms. The van der Waals surface area contributed by atoms with E-state index in [0.717, 1.165) is 51.9 Å². The van der Waals surface area contributed by atoms with Crippen molar-refractivity contribution in [2.24, 2.45) is 33.1 Å². The average Bonchev–Trinajstić information content (AvgIpc) is 2.85. The number of hydrazone groups is 2. The maximum Gasteiger partial charge on any atom is 0.208 e. The zero-order valence-corrected chi connectivity index (χ0v) is 21.5. The third-order valence-corrected chi connectivity index (χ3v) is 6.00. The summed E-state index contributed by atoms with van der Waals surface area (Å²) in [4.78, 5) is 0. The van der Waals surface area contributed by atoms with Crippen LogP contribution in [0.2, 0.25) is 0 Å². The summed E-state index contributed by atoms with van der Waals surface area (Å²) in [5.74, 6) is 1.59. The molecule has 0 bridgehead atoms. The van der Waals surface area contributed by atoms with Crippen LogP contribution >= 0.6 is 0 Å². The van der Waals surface area contributed by atoms with E-state index in [0.29, 0.717) is 11.8 Å². The third kappa shape index (κ3) is 12.8. The highest BCUT2D eigenvalue weighted by Gasteiger charge is 2.20. The van der Waals surface area contributed by atoms with E-state index < -0.39 is 10.4 Å². The number of rotatable bonds is 4. The number of hydrogen-bond acceptors (Lipinski definition) is 8. The normalized spacial score (nSPS) is 16.4. The molecular formula is C24H36N8O4S-2. The van der Waals surface area contributed by atoms with E-state index in [9.17, 15) is 0 Å². The summed E-state index contributed by atoms with van der Waals surface area (Å²) in [6, 6.07) is 21.3. The molecule has 2 aromatic carbocycles. The molecule has 204 valence electrons. The predicted octanol–water partition coefficient (Wildman–Crippen LogP) is 0.771. The van der Waals surface area contributed by atoms with Gasteiger partial charge < -0.3 is 32.0 Å². The summed E-state index contributed by atoms with van der Waals surface area (Å²) < 4.78 is 34.1. The molecule has 12 nitrogen and oxygen atoms in total. The fraction of sp³-hybridized carbons (Fsp3) is 0.417. The van der Waals surface area contributed by atoms with Gasteiger partial charge in [0.2, 0.25) is 11.9 Å². The Morgan fingerprint density at radius 3 is 1.16 bits per heavy atom. The summed E-state index contributed by atoms with van der Waals surface area (Å²) in [5.41, 5.74) is 24.3. The van der Waals surface area contributed by atoms with E-state index >= 15 is 0 Å². The summed E-state index contributed by atoms with van der Waals surface area (Å²) in [6.45, 7) is 3.71. The SMILES string of the molecule is NC(N)=NN1CCC(c2ccccc2)CC1.NC(N)=NN1CCC(c2ccccc2)CC1.O=S(=O)([O-])[O-]. The van der Waals surface area contributed by atoms with Crippen molar-refractivity contribution in [1.82, 2.24) is 10.0 Å². The monoisotopic (exact) mass is 532 g/mol. The molecule has 0 aliphatic carbocycles. The summed E-state index contributed by atoms with van der Waals surface area (Å²) in [7, 11) is -5.17. The number of hydrogen-bond donors (Lipinski definition) is 4. The molecule has 0 radical (unpaired) electrons. The molecular weight excluding hydrogens is 496 g/mol. The van der Waals surface area contributed by atoms with E-state index in [1.165, 1.54) is 11.1 Å². The first-order chi connectivity index (χ1) is 17.5. The molecule has 4 rings (SSSR count). The van der Waals surface area contributed by atoms with Crippen LogP contribution in [0.4, 0.5) is 0 Å². The summed E-state index contributed by atoms with van der Waals surface area (Å²) >= 11 is 0. The Bertz CT molecular complexity index is 995. The Labute approximate surface area is 218 Å². The Morgan fingerprint density at radius 2 is 0.919 bits per heavy atom. The van der Waals surface area contributed by atoms with Gasteiger partial charge in [0.1, 0.15) is 0 Å². The predicted molar refractivity (Wildman–Crippen MR) is 142 cm³/mol. The first-order valence-electron chi connectivity index (χ1n) is 12.0. The van der Waals surface area contributed by atoms with E-state index in [2.05, 4.69) is 70.9 Å². The quantitative estimate of drug-likeness (QED) is 0.188. The van der Waals surface area contributed by atoms with E-state index in [4.69, 9.17) is 40.5 Å². The molecule has 2 heterocycles. The first kappa shape index (κ1) is 29.7. The van der Waals surface area contributed by atoms with Crippen molar-refractivity contribution in [3.63, 3.8) is 0 Å². The zero-order valence-electron chi connectivity index (χ0n) is 20.7. The molecule has 0 saturated carbocycles. The average molecular weight is 533 g/mol. The molecule has 37 heavy (non-hydrogen) atoms. The second-order valence-electron chi connectivity index (χ2n) is 8.74. The molecule has 2 saturated heterocycles. The molecule has 8 N–H and O–H groups in total. The maximum absolute atomic E-state index is 8.52. The van der Waals surface area contributed by atoms with Gasteiger partial charge in [-0.15, -0.1) is 10.2 Å². The Kier molecular flexibility index (Phi) is 11.9. The van der Waals surface area contributed by atoms with Crippen molar-refractivity contribution in [3.8, 4) is 0 Å². The van der Waals surface area contributed by atoms with E-state index in [1.54, 1.807) is 0 Å². The lowest BCUT2D eigenvalue weighted by atomic mass is 9.90. The van der Waals surface area contributed by atoms with Crippen LogP contribution in [0.3, 0.4) is 0 Å². The number of benzene rings is 2.